The first-order chi connectivity index (χ1) is 18.0. The maximum absolute atomic E-state index is 15.3. The molecule has 1 aliphatic carbocycles. The molecule has 3 heterocycles. The van der Waals surface area contributed by atoms with Gasteiger partial charge in [0.25, 0.3) is 0 Å². The van der Waals surface area contributed by atoms with Crippen LogP contribution < -0.4 is 15.0 Å². The Kier molecular flexibility index (Phi) is 7.28. The van der Waals surface area contributed by atoms with E-state index in [0.717, 1.165) is 55.9 Å². The molecule has 0 spiro atoms. The largest absolute Gasteiger partial charge is 0.421 e. The predicted molar refractivity (Wildman–Crippen MR) is 144 cm³/mol. The van der Waals surface area contributed by atoms with Crippen LogP contribution >= 0.6 is 0 Å². The highest BCUT2D eigenvalue weighted by Gasteiger charge is 2.22. The Morgan fingerprint density at radius 2 is 2.03 bits per heavy atom. The second-order valence-electron chi connectivity index (χ2n) is 9.40. The van der Waals surface area contributed by atoms with E-state index in [1.54, 1.807) is 6.07 Å². The van der Waals surface area contributed by atoms with Crippen molar-refractivity contribution in [2.24, 2.45) is 4.99 Å². The molecule has 1 aromatic carbocycles. The molecule has 1 fully saturated rings. The van der Waals surface area contributed by atoms with E-state index in [2.05, 4.69) is 36.1 Å². The van der Waals surface area contributed by atoms with Gasteiger partial charge in [-0.2, -0.15) is 15.2 Å². The minimum absolute atomic E-state index is 0.0701. The number of fused-ring (bicyclic) bond motifs is 1. The third kappa shape index (κ3) is 5.70. The topological polar surface area (TPSA) is 89.7 Å². The Hall–Kier alpha value is -4.03. The number of hydrogen-bond acceptors (Lipinski definition) is 8. The molecular weight excluding hydrogens is 469 g/mol. The molecule has 9 heteroatoms. The summed E-state index contributed by atoms with van der Waals surface area (Å²) in [5.41, 5.74) is 3.75. The van der Waals surface area contributed by atoms with Gasteiger partial charge in [-0.05, 0) is 43.5 Å². The molecule has 0 atom stereocenters. The number of nitriles is 1. The second-order valence-corrected chi connectivity index (χ2v) is 9.40. The van der Waals surface area contributed by atoms with Gasteiger partial charge in [-0.15, -0.1) is 0 Å². The lowest BCUT2D eigenvalue weighted by molar-refractivity contribution is 0.262. The average molecular weight is 500 g/mol. The maximum Gasteiger partial charge on any atom is 0.326 e. The third-order valence-corrected chi connectivity index (χ3v) is 6.62. The van der Waals surface area contributed by atoms with Crippen LogP contribution in [0.25, 0.3) is 6.08 Å². The average Bonchev–Trinajstić information content (AvgIpc) is 3.50. The first-order valence-electron chi connectivity index (χ1n) is 12.6. The molecule has 1 saturated heterocycles. The number of aliphatic imine (C=N–C) groups is 1. The monoisotopic (exact) mass is 499 g/mol. The van der Waals surface area contributed by atoms with Crippen molar-refractivity contribution in [2.75, 3.05) is 49.5 Å². The third-order valence-electron chi connectivity index (χ3n) is 6.62. The van der Waals surface area contributed by atoms with Gasteiger partial charge in [-0.25, -0.2) is 4.39 Å². The number of ether oxygens (including phenoxy) is 1. The summed E-state index contributed by atoms with van der Waals surface area (Å²) in [6.07, 6.45) is 9.11. The van der Waals surface area contributed by atoms with E-state index in [1.165, 1.54) is 0 Å². The fraction of sp³-hybridized carbons (Fsp3) is 0.357. The van der Waals surface area contributed by atoms with E-state index >= 15 is 4.39 Å². The van der Waals surface area contributed by atoms with E-state index in [0.29, 0.717) is 36.0 Å². The smallest absolute Gasteiger partial charge is 0.326 e. The number of nitrogens with one attached hydrogen (secondary N) is 1. The van der Waals surface area contributed by atoms with Crippen molar-refractivity contribution in [3.8, 4) is 17.8 Å². The number of aromatic nitrogens is 2. The molecule has 1 aromatic heterocycles. The zero-order valence-electron chi connectivity index (χ0n) is 21.2. The quantitative estimate of drug-likeness (QED) is 0.589. The van der Waals surface area contributed by atoms with Crippen molar-refractivity contribution in [1.29, 1.82) is 5.26 Å². The number of rotatable bonds is 7. The van der Waals surface area contributed by atoms with Crippen LogP contribution in [0.5, 0.6) is 11.8 Å². The minimum Gasteiger partial charge on any atom is -0.421 e. The minimum atomic E-state index is -0.400. The number of allylic oxidation sites excluding steroid dienone is 2. The molecular formula is C28H30FN7O. The lowest BCUT2D eigenvalue weighted by Gasteiger charge is -2.35. The van der Waals surface area contributed by atoms with Crippen molar-refractivity contribution >= 4 is 23.5 Å². The fourth-order valence-corrected chi connectivity index (χ4v) is 4.76. The molecule has 0 radical (unpaired) electrons. The van der Waals surface area contributed by atoms with E-state index in [-0.39, 0.29) is 11.8 Å². The standard InChI is InChI=1S/C28H30FN7O/c1-3-5-20-16-24(31-18-20)32-25-17-26(36-12-10-35(11-13-36)9-4-8-30)34-28(33-25)37-23-7-6-21-14-19(2)15-22(21)27(23)29/h3,5-7,15-17H,4,9-14,18H2,1-2H3,(H,31,32,33,34)/b5-3+. The summed E-state index contributed by atoms with van der Waals surface area (Å²) < 4.78 is 21.2. The fourth-order valence-electron chi connectivity index (χ4n) is 4.76. The van der Waals surface area contributed by atoms with Gasteiger partial charge < -0.3 is 15.0 Å². The zero-order valence-corrected chi connectivity index (χ0v) is 21.2. The van der Waals surface area contributed by atoms with Crippen molar-refractivity contribution in [2.45, 2.75) is 26.7 Å². The van der Waals surface area contributed by atoms with Crippen LogP contribution in [0, 0.1) is 17.1 Å². The van der Waals surface area contributed by atoms with Gasteiger partial charge in [-0.1, -0.05) is 29.9 Å². The molecule has 37 heavy (non-hydrogen) atoms. The van der Waals surface area contributed by atoms with Gasteiger partial charge >= 0.3 is 6.01 Å². The Labute approximate surface area is 216 Å². The second kappa shape index (κ2) is 10.9. The lowest BCUT2D eigenvalue weighted by Crippen LogP contribution is -2.46. The van der Waals surface area contributed by atoms with Crippen LogP contribution in [0.4, 0.5) is 16.0 Å². The van der Waals surface area contributed by atoms with Crippen LogP contribution in [0.2, 0.25) is 0 Å². The summed E-state index contributed by atoms with van der Waals surface area (Å²) >= 11 is 0. The molecule has 190 valence electrons. The summed E-state index contributed by atoms with van der Waals surface area (Å²) in [5, 5.41) is 12.2. The van der Waals surface area contributed by atoms with Crippen molar-refractivity contribution in [3.05, 3.63) is 64.5 Å². The number of halogens is 1. The summed E-state index contributed by atoms with van der Waals surface area (Å²) in [4.78, 5) is 18.1. The van der Waals surface area contributed by atoms with Crippen LogP contribution in [0.3, 0.4) is 0 Å². The first-order valence-corrected chi connectivity index (χ1v) is 12.6. The number of nitrogens with zero attached hydrogens (tertiary/aromatic N) is 6. The van der Waals surface area contributed by atoms with E-state index in [4.69, 9.17) is 10.00 Å². The molecule has 2 aromatic rings. The zero-order chi connectivity index (χ0) is 25.8. The van der Waals surface area contributed by atoms with Gasteiger partial charge in [0.15, 0.2) is 11.6 Å². The highest BCUT2D eigenvalue weighted by Crippen LogP contribution is 2.34. The highest BCUT2D eigenvalue weighted by molar-refractivity contribution is 6.05. The summed E-state index contributed by atoms with van der Waals surface area (Å²) in [5.74, 6) is 1.63. The van der Waals surface area contributed by atoms with Crippen LogP contribution in [-0.2, 0) is 6.42 Å². The van der Waals surface area contributed by atoms with Crippen molar-refractivity contribution in [1.82, 2.24) is 14.9 Å². The van der Waals surface area contributed by atoms with Crippen molar-refractivity contribution in [3.63, 3.8) is 0 Å². The summed E-state index contributed by atoms with van der Waals surface area (Å²) in [6.45, 7) is 8.51. The molecule has 0 saturated carbocycles. The van der Waals surface area contributed by atoms with Gasteiger partial charge in [0.1, 0.15) is 17.5 Å². The van der Waals surface area contributed by atoms with Crippen LogP contribution in [-0.4, -0.2) is 60.0 Å². The maximum atomic E-state index is 15.3. The Bertz CT molecular complexity index is 1350. The number of amidine groups is 1. The number of hydrogen-bond donors (Lipinski definition) is 1. The normalized spacial score (nSPS) is 17.4. The number of benzene rings is 1. The molecule has 5 rings (SSSR count). The number of anilines is 2. The predicted octanol–water partition coefficient (Wildman–Crippen LogP) is 4.73. The van der Waals surface area contributed by atoms with Crippen LogP contribution in [0.1, 0.15) is 31.4 Å². The summed E-state index contributed by atoms with van der Waals surface area (Å²) in [6, 6.07) is 7.68. The van der Waals surface area contributed by atoms with E-state index < -0.39 is 5.82 Å². The van der Waals surface area contributed by atoms with Gasteiger partial charge in [-0.3, -0.25) is 9.89 Å². The molecule has 3 aliphatic rings. The van der Waals surface area contributed by atoms with Gasteiger partial charge in [0.05, 0.1) is 12.6 Å². The molecule has 1 N–H and O–H groups in total. The first kappa shape index (κ1) is 24.7. The molecule has 2 aliphatic heterocycles. The van der Waals surface area contributed by atoms with E-state index in [9.17, 15) is 0 Å². The van der Waals surface area contributed by atoms with Gasteiger partial charge in [0.2, 0.25) is 0 Å². The van der Waals surface area contributed by atoms with Gasteiger partial charge in [0, 0.05) is 50.8 Å². The highest BCUT2D eigenvalue weighted by atomic mass is 19.1. The molecule has 0 amide bonds. The lowest BCUT2D eigenvalue weighted by atomic mass is 10.1. The number of piperazine rings is 1. The Morgan fingerprint density at radius 1 is 1.19 bits per heavy atom. The van der Waals surface area contributed by atoms with Crippen LogP contribution in [0.15, 0.2) is 52.6 Å². The summed E-state index contributed by atoms with van der Waals surface area (Å²) in [7, 11) is 0. The molecule has 8 nitrogen and oxygen atoms in total. The Balaban J connectivity index is 1.41. The van der Waals surface area contributed by atoms with E-state index in [1.807, 2.05) is 50.3 Å². The SMILES string of the molecule is C/C=C/C1=CC(Nc2cc(N3CCN(CCC#N)CC3)nc(Oc3ccc4c(c3F)C=C(C)C4)n2)=NC1. The molecule has 0 bridgehead atoms. The molecule has 0 unspecified atom stereocenters. The Morgan fingerprint density at radius 3 is 2.81 bits per heavy atom. The van der Waals surface area contributed by atoms with Crippen molar-refractivity contribution < 1.29 is 9.13 Å².